The number of rotatable bonds is 1. The van der Waals surface area contributed by atoms with Gasteiger partial charge in [0.05, 0.1) is 11.7 Å². The van der Waals surface area contributed by atoms with Crippen LogP contribution in [0.15, 0.2) is 23.4 Å². The van der Waals surface area contributed by atoms with Gasteiger partial charge in [0.25, 0.3) is 0 Å². The third kappa shape index (κ3) is 1.18. The number of nitrogens with one attached hydrogen (secondary N) is 1. The summed E-state index contributed by atoms with van der Waals surface area (Å²) in [6.45, 7) is 2.27. The molecular formula is C13H14N2O. The maximum Gasteiger partial charge on any atom is 0.0754 e. The first-order valence-electron chi connectivity index (χ1n) is 5.62. The Balaban J connectivity index is 2.32. The fourth-order valence-corrected chi connectivity index (χ4v) is 2.75. The molecule has 0 saturated heterocycles. The minimum atomic E-state index is 0.630. The number of hydrogen-bond acceptors (Lipinski definition) is 2. The van der Waals surface area contributed by atoms with Gasteiger partial charge in [-0.1, -0.05) is 30.3 Å². The molecule has 0 bridgehead atoms. The number of nitrogens with zero attached hydrogens (tertiary/aromatic N) is 1. The number of benzene rings is 1. The standard InChI is InChI=1S/C13H14N2O/c1-8-5-6-11-12(8)10-4-2-3-9(7-14-16)13(10)15-11/h2-4,7-8,15-16H,5-6H2,1H3/b14-7+. The van der Waals surface area contributed by atoms with Crippen molar-refractivity contribution in [3.63, 3.8) is 0 Å². The smallest absolute Gasteiger partial charge is 0.0754 e. The van der Waals surface area contributed by atoms with Crippen LogP contribution in [0.25, 0.3) is 10.9 Å². The van der Waals surface area contributed by atoms with E-state index in [0.29, 0.717) is 5.92 Å². The Hall–Kier alpha value is -1.77. The molecule has 1 aliphatic carbocycles. The quantitative estimate of drug-likeness (QED) is 0.428. The Morgan fingerprint density at radius 2 is 2.38 bits per heavy atom. The monoisotopic (exact) mass is 214 g/mol. The Labute approximate surface area is 93.8 Å². The summed E-state index contributed by atoms with van der Waals surface area (Å²) in [5, 5.41) is 13.0. The molecule has 2 aromatic rings. The SMILES string of the molecule is CC1CCc2[nH]c3c(/C=N/O)cccc3c21. The molecule has 0 radical (unpaired) electrons. The van der Waals surface area contributed by atoms with Crippen LogP contribution in [-0.4, -0.2) is 16.4 Å². The normalized spacial score (nSPS) is 19.7. The number of hydrogen-bond donors (Lipinski definition) is 2. The summed E-state index contributed by atoms with van der Waals surface area (Å²) in [7, 11) is 0. The highest BCUT2D eigenvalue weighted by atomic mass is 16.4. The predicted molar refractivity (Wildman–Crippen MR) is 64.4 cm³/mol. The molecule has 0 saturated carbocycles. The molecule has 0 amide bonds. The topological polar surface area (TPSA) is 48.4 Å². The second-order valence-corrected chi connectivity index (χ2v) is 4.47. The lowest BCUT2D eigenvalue weighted by molar-refractivity contribution is 0.322. The minimum Gasteiger partial charge on any atom is -0.411 e. The lowest BCUT2D eigenvalue weighted by atomic mass is 10.0. The van der Waals surface area contributed by atoms with Crippen molar-refractivity contribution in [2.75, 3.05) is 0 Å². The molecule has 0 spiro atoms. The van der Waals surface area contributed by atoms with Crippen molar-refractivity contribution >= 4 is 17.1 Å². The molecule has 1 aromatic heterocycles. The number of H-pyrrole nitrogens is 1. The van der Waals surface area contributed by atoms with E-state index >= 15 is 0 Å². The van der Waals surface area contributed by atoms with Gasteiger partial charge in [0.15, 0.2) is 0 Å². The summed E-state index contributed by atoms with van der Waals surface area (Å²) in [4.78, 5) is 3.46. The molecular weight excluding hydrogens is 200 g/mol. The number of fused-ring (bicyclic) bond motifs is 3. The van der Waals surface area contributed by atoms with E-state index in [-0.39, 0.29) is 0 Å². The van der Waals surface area contributed by atoms with Gasteiger partial charge in [-0.15, -0.1) is 0 Å². The lowest BCUT2D eigenvalue weighted by Gasteiger charge is -2.02. The van der Waals surface area contributed by atoms with Gasteiger partial charge in [0.1, 0.15) is 0 Å². The molecule has 2 N–H and O–H groups in total. The molecule has 3 heteroatoms. The van der Waals surface area contributed by atoms with Crippen LogP contribution in [0.2, 0.25) is 0 Å². The van der Waals surface area contributed by atoms with E-state index < -0.39 is 0 Å². The number of para-hydroxylation sites is 1. The summed E-state index contributed by atoms with van der Waals surface area (Å²) in [6.07, 6.45) is 3.84. The Morgan fingerprint density at radius 3 is 3.19 bits per heavy atom. The molecule has 0 fully saturated rings. The number of aromatic nitrogens is 1. The Morgan fingerprint density at radius 1 is 1.50 bits per heavy atom. The van der Waals surface area contributed by atoms with Gasteiger partial charge in [-0.05, 0) is 24.3 Å². The highest BCUT2D eigenvalue weighted by molar-refractivity contribution is 6.00. The van der Waals surface area contributed by atoms with Crippen LogP contribution in [0.5, 0.6) is 0 Å². The summed E-state index contributed by atoms with van der Waals surface area (Å²) < 4.78 is 0. The average Bonchev–Trinajstić information content (AvgIpc) is 2.81. The highest BCUT2D eigenvalue weighted by Gasteiger charge is 2.23. The Bertz CT molecular complexity index is 569. The predicted octanol–water partition coefficient (Wildman–Crippen LogP) is 3.03. The van der Waals surface area contributed by atoms with Gasteiger partial charge in [-0.3, -0.25) is 0 Å². The summed E-state index contributed by atoms with van der Waals surface area (Å²) >= 11 is 0. The van der Waals surface area contributed by atoms with Crippen LogP contribution in [-0.2, 0) is 6.42 Å². The second-order valence-electron chi connectivity index (χ2n) is 4.47. The van der Waals surface area contributed by atoms with E-state index in [1.54, 1.807) is 0 Å². The summed E-state index contributed by atoms with van der Waals surface area (Å²) in [6, 6.07) is 6.11. The van der Waals surface area contributed by atoms with Crippen LogP contribution in [0.3, 0.4) is 0 Å². The minimum absolute atomic E-state index is 0.630. The van der Waals surface area contributed by atoms with Gasteiger partial charge in [0.2, 0.25) is 0 Å². The van der Waals surface area contributed by atoms with Gasteiger partial charge < -0.3 is 10.2 Å². The zero-order chi connectivity index (χ0) is 11.1. The average molecular weight is 214 g/mol. The first-order valence-corrected chi connectivity index (χ1v) is 5.62. The van der Waals surface area contributed by atoms with Gasteiger partial charge in [0, 0.05) is 16.6 Å². The third-order valence-corrected chi connectivity index (χ3v) is 3.50. The molecule has 1 atom stereocenters. The number of aromatic amines is 1. The first kappa shape index (κ1) is 9.46. The van der Waals surface area contributed by atoms with Crippen molar-refractivity contribution in [3.8, 4) is 0 Å². The van der Waals surface area contributed by atoms with E-state index in [2.05, 4.69) is 23.1 Å². The van der Waals surface area contributed by atoms with Crippen LogP contribution in [0, 0.1) is 0 Å². The molecule has 1 unspecified atom stereocenters. The van der Waals surface area contributed by atoms with Crippen LogP contribution < -0.4 is 0 Å². The number of oxime groups is 1. The molecule has 3 nitrogen and oxygen atoms in total. The van der Waals surface area contributed by atoms with E-state index in [0.717, 1.165) is 17.5 Å². The summed E-state index contributed by atoms with van der Waals surface area (Å²) in [5.41, 5.74) is 4.84. The maximum atomic E-state index is 8.63. The molecule has 16 heavy (non-hydrogen) atoms. The van der Waals surface area contributed by atoms with E-state index in [1.807, 2.05) is 12.1 Å². The fraction of sp³-hybridized carbons (Fsp3) is 0.308. The number of aryl methyl sites for hydroxylation is 1. The van der Waals surface area contributed by atoms with Crippen molar-refractivity contribution in [3.05, 3.63) is 35.0 Å². The molecule has 82 valence electrons. The molecule has 1 aliphatic rings. The maximum absolute atomic E-state index is 8.63. The Kier molecular flexibility index (Phi) is 1.99. The van der Waals surface area contributed by atoms with Crippen molar-refractivity contribution in [2.24, 2.45) is 5.16 Å². The van der Waals surface area contributed by atoms with Crippen LogP contribution in [0.4, 0.5) is 0 Å². The van der Waals surface area contributed by atoms with Gasteiger partial charge in [-0.25, -0.2) is 0 Å². The van der Waals surface area contributed by atoms with E-state index in [9.17, 15) is 0 Å². The van der Waals surface area contributed by atoms with Crippen LogP contribution in [0.1, 0.15) is 36.1 Å². The highest BCUT2D eigenvalue weighted by Crippen LogP contribution is 2.38. The van der Waals surface area contributed by atoms with Crippen molar-refractivity contribution in [1.29, 1.82) is 0 Å². The first-order chi connectivity index (χ1) is 7.81. The zero-order valence-electron chi connectivity index (χ0n) is 9.20. The second kappa shape index (κ2) is 3.37. The molecule has 0 aliphatic heterocycles. The van der Waals surface area contributed by atoms with Crippen LogP contribution >= 0.6 is 0 Å². The third-order valence-electron chi connectivity index (χ3n) is 3.50. The van der Waals surface area contributed by atoms with Crippen molar-refractivity contribution < 1.29 is 5.21 Å². The summed E-state index contributed by atoms with van der Waals surface area (Å²) in [5.74, 6) is 0.630. The lowest BCUT2D eigenvalue weighted by Crippen LogP contribution is -1.87. The van der Waals surface area contributed by atoms with Crippen molar-refractivity contribution in [1.82, 2.24) is 4.98 Å². The van der Waals surface area contributed by atoms with E-state index in [4.69, 9.17) is 5.21 Å². The van der Waals surface area contributed by atoms with E-state index in [1.165, 1.54) is 29.3 Å². The molecule has 1 aromatic carbocycles. The molecule has 1 heterocycles. The zero-order valence-corrected chi connectivity index (χ0v) is 9.20. The van der Waals surface area contributed by atoms with Gasteiger partial charge in [-0.2, -0.15) is 0 Å². The largest absolute Gasteiger partial charge is 0.411 e. The van der Waals surface area contributed by atoms with Crippen molar-refractivity contribution in [2.45, 2.75) is 25.7 Å². The fourth-order valence-electron chi connectivity index (χ4n) is 2.75. The van der Waals surface area contributed by atoms with Gasteiger partial charge >= 0.3 is 0 Å². The molecule has 3 rings (SSSR count).